The number of halogens is 1. The number of nitrogens with zero attached hydrogens (tertiary/aromatic N) is 3. The molecule has 0 aromatic carbocycles. The lowest BCUT2D eigenvalue weighted by Crippen LogP contribution is -2.27. The third-order valence-corrected chi connectivity index (χ3v) is 3.65. The average Bonchev–Trinajstić information content (AvgIpc) is 3.17. The molecule has 1 N–H and O–H groups in total. The van der Waals surface area contributed by atoms with Crippen molar-refractivity contribution in [2.24, 2.45) is 0 Å². The van der Waals surface area contributed by atoms with Crippen molar-refractivity contribution < 1.29 is 0 Å². The fourth-order valence-electron chi connectivity index (χ4n) is 2.06. The Kier molecular flexibility index (Phi) is 4.78. The summed E-state index contributed by atoms with van der Waals surface area (Å²) in [4.78, 5) is 10.7. The molecule has 0 radical (unpaired) electrons. The van der Waals surface area contributed by atoms with E-state index < -0.39 is 0 Å². The maximum Gasteiger partial charge on any atom is 0.137 e. The zero-order valence-corrected chi connectivity index (χ0v) is 11.9. The van der Waals surface area contributed by atoms with Gasteiger partial charge in [-0.25, -0.2) is 9.97 Å². The van der Waals surface area contributed by atoms with Gasteiger partial charge in [0.2, 0.25) is 0 Å². The Labute approximate surface area is 114 Å². The molecule has 0 spiro atoms. The highest BCUT2D eigenvalue weighted by Crippen LogP contribution is 2.25. The van der Waals surface area contributed by atoms with Crippen LogP contribution in [0.4, 0.5) is 5.82 Å². The summed E-state index contributed by atoms with van der Waals surface area (Å²) in [5.74, 6) is 0.890. The molecule has 0 bridgehead atoms. The lowest BCUT2D eigenvalue weighted by molar-refractivity contribution is 0.337. The van der Waals surface area contributed by atoms with Gasteiger partial charge in [0.1, 0.15) is 17.3 Å². The summed E-state index contributed by atoms with van der Waals surface area (Å²) in [6.45, 7) is 4.07. The normalized spacial score (nSPS) is 15.1. The lowest BCUT2D eigenvalue weighted by atomic mass is 10.2. The molecule has 1 fully saturated rings. The Balaban J connectivity index is 1.89. The summed E-state index contributed by atoms with van der Waals surface area (Å²) in [5.41, 5.74) is 1.04. The van der Waals surface area contributed by atoms with Crippen molar-refractivity contribution >= 4 is 17.4 Å². The second-order valence-electron chi connectivity index (χ2n) is 4.88. The van der Waals surface area contributed by atoms with Crippen LogP contribution in [0.25, 0.3) is 0 Å². The van der Waals surface area contributed by atoms with E-state index in [1.807, 2.05) is 0 Å². The van der Waals surface area contributed by atoms with Gasteiger partial charge in [0, 0.05) is 24.7 Å². The number of hydrogen-bond donors (Lipinski definition) is 1. The first-order valence-corrected chi connectivity index (χ1v) is 7.03. The molecule has 1 heterocycles. The molecule has 1 aliphatic carbocycles. The molecule has 0 saturated heterocycles. The fourth-order valence-corrected chi connectivity index (χ4v) is 2.29. The standard InChI is InChI=1S/C13H21ClN4/c1-3-4-11-12(14)16-9-17-13(11)15-7-8-18(2)10-5-6-10/h9-10H,3-8H2,1-2H3,(H,15,16,17). The van der Waals surface area contributed by atoms with Crippen LogP contribution in [0, 0.1) is 0 Å². The minimum atomic E-state index is 0.574. The number of hydrogen-bond acceptors (Lipinski definition) is 4. The van der Waals surface area contributed by atoms with Crippen molar-refractivity contribution in [1.29, 1.82) is 0 Å². The maximum atomic E-state index is 6.11. The fraction of sp³-hybridized carbons (Fsp3) is 0.692. The van der Waals surface area contributed by atoms with Gasteiger partial charge < -0.3 is 10.2 Å². The predicted molar refractivity (Wildman–Crippen MR) is 75.2 cm³/mol. The summed E-state index contributed by atoms with van der Waals surface area (Å²) in [5, 5.41) is 3.95. The summed E-state index contributed by atoms with van der Waals surface area (Å²) < 4.78 is 0. The molecule has 5 heteroatoms. The molecule has 18 heavy (non-hydrogen) atoms. The molecular formula is C13H21ClN4. The lowest BCUT2D eigenvalue weighted by Gasteiger charge is -2.17. The third-order valence-electron chi connectivity index (χ3n) is 3.32. The van der Waals surface area contributed by atoms with E-state index in [0.29, 0.717) is 5.15 Å². The first kappa shape index (κ1) is 13.6. The van der Waals surface area contributed by atoms with Crippen LogP contribution < -0.4 is 5.32 Å². The molecule has 0 unspecified atom stereocenters. The van der Waals surface area contributed by atoms with E-state index in [-0.39, 0.29) is 0 Å². The van der Waals surface area contributed by atoms with Crippen LogP contribution >= 0.6 is 11.6 Å². The summed E-state index contributed by atoms with van der Waals surface area (Å²) in [6, 6.07) is 0.802. The van der Waals surface area contributed by atoms with Crippen LogP contribution in [0.5, 0.6) is 0 Å². The second kappa shape index (κ2) is 6.34. The van der Waals surface area contributed by atoms with Gasteiger partial charge in [-0.1, -0.05) is 24.9 Å². The molecule has 2 rings (SSSR count). The smallest absolute Gasteiger partial charge is 0.137 e. The van der Waals surface area contributed by atoms with E-state index in [4.69, 9.17) is 11.6 Å². The van der Waals surface area contributed by atoms with Crippen molar-refractivity contribution in [3.05, 3.63) is 17.0 Å². The zero-order valence-electron chi connectivity index (χ0n) is 11.1. The summed E-state index contributed by atoms with van der Waals surface area (Å²) in [7, 11) is 2.18. The molecule has 0 aliphatic heterocycles. The van der Waals surface area contributed by atoms with Crippen molar-refractivity contribution in [2.75, 3.05) is 25.5 Å². The monoisotopic (exact) mass is 268 g/mol. The van der Waals surface area contributed by atoms with E-state index in [1.165, 1.54) is 19.2 Å². The van der Waals surface area contributed by atoms with Gasteiger partial charge >= 0.3 is 0 Å². The number of nitrogens with one attached hydrogen (secondary N) is 1. The van der Waals surface area contributed by atoms with Crippen molar-refractivity contribution in [3.8, 4) is 0 Å². The van der Waals surface area contributed by atoms with Crippen LogP contribution in [0.2, 0.25) is 5.15 Å². The van der Waals surface area contributed by atoms with Gasteiger partial charge in [0.25, 0.3) is 0 Å². The first-order chi connectivity index (χ1) is 8.72. The Morgan fingerprint density at radius 1 is 1.44 bits per heavy atom. The third kappa shape index (κ3) is 3.56. The Morgan fingerprint density at radius 2 is 2.22 bits per heavy atom. The molecular weight excluding hydrogens is 248 g/mol. The van der Waals surface area contributed by atoms with Crippen LogP contribution in [-0.4, -0.2) is 41.0 Å². The molecule has 1 aliphatic rings. The van der Waals surface area contributed by atoms with Crippen LogP contribution in [-0.2, 0) is 6.42 Å². The second-order valence-corrected chi connectivity index (χ2v) is 5.24. The number of aromatic nitrogens is 2. The largest absolute Gasteiger partial charge is 0.368 e. The minimum absolute atomic E-state index is 0.574. The molecule has 1 aromatic rings. The van der Waals surface area contributed by atoms with Crippen LogP contribution in [0.15, 0.2) is 6.33 Å². The highest BCUT2D eigenvalue weighted by Gasteiger charge is 2.25. The van der Waals surface area contributed by atoms with Gasteiger partial charge in [0.05, 0.1) is 0 Å². The number of anilines is 1. The Hall–Kier alpha value is -0.870. The minimum Gasteiger partial charge on any atom is -0.368 e. The summed E-state index contributed by atoms with van der Waals surface area (Å²) >= 11 is 6.11. The molecule has 0 amide bonds. The highest BCUT2D eigenvalue weighted by molar-refractivity contribution is 6.30. The van der Waals surface area contributed by atoms with Gasteiger partial charge in [0.15, 0.2) is 0 Å². The van der Waals surface area contributed by atoms with Crippen molar-refractivity contribution in [1.82, 2.24) is 14.9 Å². The highest BCUT2D eigenvalue weighted by atomic mass is 35.5. The molecule has 4 nitrogen and oxygen atoms in total. The van der Waals surface area contributed by atoms with Gasteiger partial charge in [-0.3, -0.25) is 0 Å². The maximum absolute atomic E-state index is 6.11. The van der Waals surface area contributed by atoms with E-state index in [2.05, 4.69) is 34.2 Å². The van der Waals surface area contributed by atoms with E-state index >= 15 is 0 Å². The van der Waals surface area contributed by atoms with Crippen molar-refractivity contribution in [2.45, 2.75) is 38.6 Å². The Bertz CT molecular complexity index is 393. The SMILES string of the molecule is CCCc1c(Cl)ncnc1NCCN(C)C1CC1. The topological polar surface area (TPSA) is 41.1 Å². The van der Waals surface area contributed by atoms with E-state index in [9.17, 15) is 0 Å². The molecule has 1 saturated carbocycles. The summed E-state index contributed by atoms with van der Waals surface area (Å²) in [6.07, 6.45) is 6.17. The quantitative estimate of drug-likeness (QED) is 0.772. The zero-order chi connectivity index (χ0) is 13.0. The molecule has 1 aromatic heterocycles. The van der Waals surface area contributed by atoms with Gasteiger partial charge in [-0.05, 0) is 26.3 Å². The average molecular weight is 269 g/mol. The van der Waals surface area contributed by atoms with Gasteiger partial charge in [-0.2, -0.15) is 0 Å². The van der Waals surface area contributed by atoms with Crippen LogP contribution in [0.3, 0.4) is 0 Å². The molecule has 0 atom stereocenters. The predicted octanol–water partition coefficient (Wildman–Crippen LogP) is 2.59. The van der Waals surface area contributed by atoms with Crippen LogP contribution in [0.1, 0.15) is 31.7 Å². The van der Waals surface area contributed by atoms with E-state index in [1.54, 1.807) is 0 Å². The first-order valence-electron chi connectivity index (χ1n) is 6.65. The van der Waals surface area contributed by atoms with E-state index in [0.717, 1.165) is 43.4 Å². The molecule has 100 valence electrons. The number of likely N-dealkylation sites (N-methyl/N-ethyl adjacent to an activating group) is 1. The van der Waals surface area contributed by atoms with Gasteiger partial charge in [-0.15, -0.1) is 0 Å². The van der Waals surface area contributed by atoms with Crippen molar-refractivity contribution in [3.63, 3.8) is 0 Å². The number of rotatable bonds is 7. The Morgan fingerprint density at radius 3 is 2.89 bits per heavy atom.